The molecular formula is C11H11F2N3. The molecule has 2 rings (SSSR count). The number of pyridine rings is 1. The molecule has 0 aliphatic rings. The summed E-state index contributed by atoms with van der Waals surface area (Å²) in [5.74, 6) is 4.24. The van der Waals surface area contributed by atoms with E-state index in [4.69, 9.17) is 5.84 Å². The number of nitrogens with two attached hydrogens (primary N) is 1. The molecule has 0 bridgehead atoms. The van der Waals surface area contributed by atoms with Crippen LogP contribution >= 0.6 is 0 Å². The van der Waals surface area contributed by atoms with Crippen molar-refractivity contribution >= 4 is 16.6 Å². The largest absolute Gasteiger partial charge is 0.323 e. The first-order valence-electron chi connectivity index (χ1n) is 4.77. The summed E-state index contributed by atoms with van der Waals surface area (Å²) in [7, 11) is 0. The summed E-state index contributed by atoms with van der Waals surface area (Å²) in [5.41, 5.74) is 4.09. The van der Waals surface area contributed by atoms with Gasteiger partial charge < -0.3 is 5.43 Å². The van der Waals surface area contributed by atoms with Gasteiger partial charge >= 0.3 is 0 Å². The Labute approximate surface area is 91.3 Å². The lowest BCUT2D eigenvalue weighted by Gasteiger charge is -2.12. The molecule has 0 unspecified atom stereocenters. The van der Waals surface area contributed by atoms with Crippen LogP contribution in [0.2, 0.25) is 0 Å². The van der Waals surface area contributed by atoms with Crippen LogP contribution in [0.5, 0.6) is 0 Å². The zero-order chi connectivity index (χ0) is 11.9. The Bertz CT molecular complexity index is 567. The minimum Gasteiger partial charge on any atom is -0.323 e. The summed E-state index contributed by atoms with van der Waals surface area (Å²) in [4.78, 5) is 4.03. The maximum absolute atomic E-state index is 13.6. The fraction of sp³-hybridized carbons (Fsp3) is 0.182. The molecule has 0 amide bonds. The Balaban J connectivity index is 3.02. The molecule has 0 saturated heterocycles. The standard InChI is InChI=1S/C11H11F2N3/c1-5-6(2)15-11-8(13)4-3-7(12)9(11)10(5)16-14/h3-4H,14H2,1-2H3,(H,15,16). The number of nitrogens with one attached hydrogen (secondary N) is 1. The average molecular weight is 223 g/mol. The topological polar surface area (TPSA) is 50.9 Å². The van der Waals surface area contributed by atoms with Crippen LogP contribution in [-0.2, 0) is 0 Å². The third-order valence-electron chi connectivity index (χ3n) is 2.67. The maximum Gasteiger partial charge on any atom is 0.149 e. The number of hydrogen-bond acceptors (Lipinski definition) is 3. The number of hydrogen-bond donors (Lipinski definition) is 2. The van der Waals surface area contributed by atoms with Crippen molar-refractivity contribution in [2.75, 3.05) is 5.43 Å². The summed E-state index contributed by atoms with van der Waals surface area (Å²) in [5, 5.41) is 0.0885. The van der Waals surface area contributed by atoms with Crippen molar-refractivity contribution < 1.29 is 8.78 Å². The van der Waals surface area contributed by atoms with Crippen LogP contribution in [0.1, 0.15) is 11.3 Å². The molecule has 0 spiro atoms. The number of aromatic nitrogens is 1. The normalized spacial score (nSPS) is 10.8. The molecule has 0 saturated carbocycles. The van der Waals surface area contributed by atoms with Crippen LogP contribution in [0.25, 0.3) is 10.9 Å². The van der Waals surface area contributed by atoms with Crippen molar-refractivity contribution in [3.63, 3.8) is 0 Å². The van der Waals surface area contributed by atoms with Crippen LogP contribution in [-0.4, -0.2) is 4.98 Å². The van der Waals surface area contributed by atoms with Gasteiger partial charge in [0, 0.05) is 5.69 Å². The number of hydrazine groups is 1. The minimum absolute atomic E-state index is 0.00366. The smallest absolute Gasteiger partial charge is 0.149 e. The van der Waals surface area contributed by atoms with Gasteiger partial charge in [0.2, 0.25) is 0 Å². The highest BCUT2D eigenvalue weighted by Crippen LogP contribution is 2.30. The van der Waals surface area contributed by atoms with Gasteiger partial charge in [-0.25, -0.2) is 13.8 Å². The summed E-state index contributed by atoms with van der Waals surface area (Å²) in [6.45, 7) is 3.47. The quantitative estimate of drug-likeness (QED) is 0.576. The fourth-order valence-electron chi connectivity index (χ4n) is 1.69. The Kier molecular flexibility index (Phi) is 2.47. The van der Waals surface area contributed by atoms with Crippen molar-refractivity contribution in [3.05, 3.63) is 35.0 Å². The number of benzene rings is 1. The van der Waals surface area contributed by atoms with E-state index < -0.39 is 11.6 Å². The number of anilines is 1. The van der Waals surface area contributed by atoms with E-state index in [1.807, 2.05) is 0 Å². The molecule has 3 nitrogen and oxygen atoms in total. The zero-order valence-electron chi connectivity index (χ0n) is 8.94. The van der Waals surface area contributed by atoms with Crippen molar-refractivity contribution in [1.82, 2.24) is 4.98 Å². The molecule has 1 heterocycles. The summed E-state index contributed by atoms with van der Waals surface area (Å²) in [6.07, 6.45) is 0. The monoisotopic (exact) mass is 223 g/mol. The molecule has 2 aromatic rings. The molecule has 5 heteroatoms. The third kappa shape index (κ3) is 1.40. The predicted octanol–water partition coefficient (Wildman–Crippen LogP) is 2.42. The molecule has 0 fully saturated rings. The fourth-order valence-corrected chi connectivity index (χ4v) is 1.69. The molecule has 3 N–H and O–H groups in total. The van der Waals surface area contributed by atoms with Crippen LogP contribution in [0, 0.1) is 25.5 Å². The lowest BCUT2D eigenvalue weighted by atomic mass is 10.1. The summed E-state index contributed by atoms with van der Waals surface area (Å²) >= 11 is 0. The molecule has 0 aliphatic carbocycles. The first-order valence-corrected chi connectivity index (χ1v) is 4.77. The van der Waals surface area contributed by atoms with Crippen molar-refractivity contribution in [2.45, 2.75) is 13.8 Å². The van der Waals surface area contributed by atoms with Gasteiger partial charge in [-0.3, -0.25) is 5.84 Å². The Morgan fingerprint density at radius 3 is 2.44 bits per heavy atom. The second kappa shape index (κ2) is 3.68. The van der Waals surface area contributed by atoms with Gasteiger partial charge in [-0.15, -0.1) is 0 Å². The van der Waals surface area contributed by atoms with Gasteiger partial charge in [0.25, 0.3) is 0 Å². The number of halogens is 2. The minimum atomic E-state index is -0.559. The first-order chi connectivity index (χ1) is 7.56. The van der Waals surface area contributed by atoms with Crippen molar-refractivity contribution in [3.8, 4) is 0 Å². The summed E-state index contributed by atoms with van der Waals surface area (Å²) in [6, 6.07) is 2.12. The molecule has 1 aromatic heterocycles. The predicted molar refractivity (Wildman–Crippen MR) is 58.9 cm³/mol. The highest BCUT2D eigenvalue weighted by Gasteiger charge is 2.15. The molecule has 0 radical (unpaired) electrons. The van der Waals surface area contributed by atoms with Gasteiger partial charge in [-0.2, -0.15) is 0 Å². The van der Waals surface area contributed by atoms with E-state index in [9.17, 15) is 8.78 Å². The molecule has 1 aromatic carbocycles. The van der Waals surface area contributed by atoms with E-state index in [-0.39, 0.29) is 10.9 Å². The summed E-state index contributed by atoms with van der Waals surface area (Å²) < 4.78 is 27.1. The molecule has 0 atom stereocenters. The van der Waals surface area contributed by atoms with E-state index in [1.165, 1.54) is 0 Å². The lowest BCUT2D eigenvalue weighted by molar-refractivity contribution is 0.615. The SMILES string of the molecule is Cc1nc2c(F)ccc(F)c2c(NN)c1C. The van der Waals surface area contributed by atoms with Crippen LogP contribution < -0.4 is 11.3 Å². The van der Waals surface area contributed by atoms with E-state index in [0.717, 1.165) is 12.1 Å². The second-order valence-electron chi connectivity index (χ2n) is 3.59. The highest BCUT2D eigenvalue weighted by molar-refractivity contribution is 5.93. The van der Waals surface area contributed by atoms with Crippen LogP contribution in [0.3, 0.4) is 0 Å². The number of nitrogens with zero attached hydrogens (tertiary/aromatic N) is 1. The molecule has 16 heavy (non-hydrogen) atoms. The first kappa shape index (κ1) is 10.8. The van der Waals surface area contributed by atoms with E-state index in [1.54, 1.807) is 13.8 Å². The van der Waals surface area contributed by atoms with Crippen LogP contribution in [0.15, 0.2) is 12.1 Å². The molecule has 84 valence electrons. The average Bonchev–Trinajstić information content (AvgIpc) is 2.26. The lowest BCUT2D eigenvalue weighted by Crippen LogP contribution is -2.11. The van der Waals surface area contributed by atoms with E-state index in [0.29, 0.717) is 16.9 Å². The Morgan fingerprint density at radius 1 is 1.19 bits per heavy atom. The van der Waals surface area contributed by atoms with Gasteiger partial charge in [0.15, 0.2) is 0 Å². The van der Waals surface area contributed by atoms with Crippen molar-refractivity contribution in [1.29, 1.82) is 0 Å². The van der Waals surface area contributed by atoms with Crippen molar-refractivity contribution in [2.24, 2.45) is 5.84 Å². The maximum atomic E-state index is 13.6. The number of rotatable bonds is 1. The van der Waals surface area contributed by atoms with E-state index >= 15 is 0 Å². The zero-order valence-corrected chi connectivity index (χ0v) is 8.94. The molecular weight excluding hydrogens is 212 g/mol. The Morgan fingerprint density at radius 2 is 1.81 bits per heavy atom. The number of nitrogen functional groups attached to an aromatic ring is 1. The Hall–Kier alpha value is -1.75. The van der Waals surface area contributed by atoms with Gasteiger partial charge in [-0.05, 0) is 31.5 Å². The number of fused-ring (bicyclic) bond motifs is 1. The van der Waals surface area contributed by atoms with Gasteiger partial charge in [0.05, 0.1) is 11.1 Å². The second-order valence-corrected chi connectivity index (χ2v) is 3.59. The van der Waals surface area contributed by atoms with Gasteiger partial charge in [0.1, 0.15) is 17.2 Å². The molecule has 0 aliphatic heterocycles. The number of aryl methyl sites for hydroxylation is 1. The van der Waals surface area contributed by atoms with E-state index in [2.05, 4.69) is 10.4 Å². The highest BCUT2D eigenvalue weighted by atomic mass is 19.1. The van der Waals surface area contributed by atoms with Crippen LogP contribution in [0.4, 0.5) is 14.5 Å². The third-order valence-corrected chi connectivity index (χ3v) is 2.67. The van der Waals surface area contributed by atoms with Gasteiger partial charge in [-0.1, -0.05) is 0 Å².